The van der Waals surface area contributed by atoms with Crippen LogP contribution in [0.1, 0.15) is 32.9 Å². The Kier molecular flexibility index (Phi) is 4.75. The predicted molar refractivity (Wildman–Crippen MR) is 81.3 cm³/mol. The van der Waals surface area contributed by atoms with Gasteiger partial charge in [0.1, 0.15) is 0 Å². The highest BCUT2D eigenvalue weighted by Gasteiger charge is 2.11. The van der Waals surface area contributed by atoms with Crippen LogP contribution >= 0.6 is 0 Å². The molecule has 0 amide bonds. The highest BCUT2D eigenvalue weighted by Crippen LogP contribution is 2.15. The fourth-order valence-corrected chi connectivity index (χ4v) is 2.36. The molecule has 2 aromatic rings. The second kappa shape index (κ2) is 6.54. The van der Waals surface area contributed by atoms with E-state index in [0.717, 1.165) is 17.8 Å². The van der Waals surface area contributed by atoms with Crippen molar-refractivity contribution in [2.75, 3.05) is 14.2 Å². The van der Waals surface area contributed by atoms with E-state index in [-0.39, 0.29) is 5.97 Å². The third kappa shape index (κ3) is 3.31. The molecule has 0 saturated carbocycles. The van der Waals surface area contributed by atoms with Crippen molar-refractivity contribution in [1.29, 1.82) is 0 Å². The van der Waals surface area contributed by atoms with E-state index in [1.807, 2.05) is 30.8 Å². The average molecular weight is 287 g/mol. The van der Waals surface area contributed by atoms with Gasteiger partial charge in [-0.3, -0.25) is 4.68 Å². The van der Waals surface area contributed by atoms with E-state index >= 15 is 0 Å². The molecule has 0 saturated heterocycles. The summed E-state index contributed by atoms with van der Waals surface area (Å²) in [6.45, 7) is 5.61. The van der Waals surface area contributed by atoms with Crippen molar-refractivity contribution in [2.24, 2.45) is 0 Å². The lowest BCUT2D eigenvalue weighted by Crippen LogP contribution is -2.08. The minimum atomic E-state index is -0.316. The van der Waals surface area contributed by atoms with Crippen molar-refractivity contribution in [3.05, 3.63) is 52.3 Å². The first-order chi connectivity index (χ1) is 10.1. The lowest BCUT2D eigenvalue weighted by Gasteiger charge is -2.07. The summed E-state index contributed by atoms with van der Waals surface area (Å²) in [7, 11) is 3.32. The van der Waals surface area contributed by atoms with Gasteiger partial charge in [-0.05, 0) is 38.6 Å². The van der Waals surface area contributed by atoms with Crippen LogP contribution in [0.4, 0.5) is 0 Å². The van der Waals surface area contributed by atoms with Crippen molar-refractivity contribution in [3.8, 4) is 0 Å². The van der Waals surface area contributed by atoms with E-state index < -0.39 is 0 Å². The van der Waals surface area contributed by atoms with Crippen LogP contribution in [0.3, 0.4) is 0 Å². The summed E-state index contributed by atoms with van der Waals surface area (Å²) in [5.41, 5.74) is 5.12. The molecule has 0 fully saturated rings. The molecule has 1 aromatic heterocycles. The summed E-state index contributed by atoms with van der Waals surface area (Å²) in [6.07, 6.45) is 0. The van der Waals surface area contributed by atoms with Crippen LogP contribution in [0.15, 0.2) is 24.3 Å². The Bertz CT molecular complexity index is 630. The normalized spacial score (nSPS) is 10.7. The van der Waals surface area contributed by atoms with Crippen molar-refractivity contribution < 1.29 is 9.53 Å². The number of rotatable bonds is 5. The standard InChI is InChI=1S/C16H21N3O2/c1-11-15(9-17-3)12(2)19(18-11)10-13-5-7-14(8-6-13)16(20)21-4/h5-8,17H,9-10H2,1-4H3. The quantitative estimate of drug-likeness (QED) is 0.855. The molecule has 1 aromatic carbocycles. The van der Waals surface area contributed by atoms with Crippen molar-refractivity contribution in [3.63, 3.8) is 0 Å². The van der Waals surface area contributed by atoms with E-state index in [0.29, 0.717) is 12.1 Å². The van der Waals surface area contributed by atoms with Gasteiger partial charge in [0.05, 0.1) is 24.9 Å². The molecule has 0 aliphatic rings. The molecule has 21 heavy (non-hydrogen) atoms. The minimum Gasteiger partial charge on any atom is -0.465 e. The number of nitrogens with zero attached hydrogens (tertiary/aromatic N) is 2. The molecule has 0 spiro atoms. The topological polar surface area (TPSA) is 56.2 Å². The van der Waals surface area contributed by atoms with Crippen molar-refractivity contribution in [2.45, 2.75) is 26.9 Å². The van der Waals surface area contributed by atoms with Gasteiger partial charge in [0, 0.05) is 17.8 Å². The smallest absolute Gasteiger partial charge is 0.337 e. The van der Waals surface area contributed by atoms with E-state index in [2.05, 4.69) is 17.3 Å². The van der Waals surface area contributed by atoms with E-state index in [4.69, 9.17) is 4.74 Å². The number of carbonyl (C=O) groups is 1. The first-order valence-corrected chi connectivity index (χ1v) is 6.91. The predicted octanol–water partition coefficient (Wildman–Crippen LogP) is 2.05. The summed E-state index contributed by atoms with van der Waals surface area (Å²) in [5, 5.41) is 7.75. The fraction of sp³-hybridized carbons (Fsp3) is 0.375. The summed E-state index contributed by atoms with van der Waals surface area (Å²) in [4.78, 5) is 11.4. The van der Waals surface area contributed by atoms with E-state index in [9.17, 15) is 4.79 Å². The molecule has 0 unspecified atom stereocenters. The van der Waals surface area contributed by atoms with Gasteiger partial charge < -0.3 is 10.1 Å². The molecule has 0 atom stereocenters. The molecule has 1 heterocycles. The van der Waals surface area contributed by atoms with Crippen molar-refractivity contribution >= 4 is 5.97 Å². The number of carbonyl (C=O) groups excluding carboxylic acids is 1. The number of hydrogen-bond acceptors (Lipinski definition) is 4. The average Bonchev–Trinajstić information content (AvgIpc) is 2.75. The SMILES string of the molecule is CNCc1c(C)nn(Cc2ccc(C(=O)OC)cc2)c1C. The number of ether oxygens (including phenoxy) is 1. The van der Waals surface area contributed by atoms with Crippen LogP contribution in [-0.4, -0.2) is 29.9 Å². The number of benzene rings is 1. The van der Waals surface area contributed by atoms with Gasteiger partial charge in [-0.2, -0.15) is 5.10 Å². The first-order valence-electron chi connectivity index (χ1n) is 6.91. The third-order valence-corrected chi connectivity index (χ3v) is 3.59. The summed E-state index contributed by atoms with van der Waals surface area (Å²) in [6, 6.07) is 7.42. The lowest BCUT2D eigenvalue weighted by molar-refractivity contribution is 0.0600. The maximum absolute atomic E-state index is 11.4. The molecule has 5 nitrogen and oxygen atoms in total. The Balaban J connectivity index is 2.18. The highest BCUT2D eigenvalue weighted by molar-refractivity contribution is 5.89. The zero-order chi connectivity index (χ0) is 15.4. The monoisotopic (exact) mass is 287 g/mol. The molecule has 2 rings (SSSR count). The number of aromatic nitrogens is 2. The van der Waals surface area contributed by atoms with Crippen LogP contribution < -0.4 is 5.32 Å². The summed E-state index contributed by atoms with van der Waals surface area (Å²) >= 11 is 0. The minimum absolute atomic E-state index is 0.316. The van der Waals surface area contributed by atoms with Gasteiger partial charge in [-0.15, -0.1) is 0 Å². The number of hydrogen-bond donors (Lipinski definition) is 1. The van der Waals surface area contributed by atoms with E-state index in [1.54, 1.807) is 12.1 Å². The second-order valence-electron chi connectivity index (χ2n) is 5.03. The van der Waals surface area contributed by atoms with Crippen LogP contribution in [0.2, 0.25) is 0 Å². The zero-order valence-electron chi connectivity index (χ0n) is 12.9. The highest BCUT2D eigenvalue weighted by atomic mass is 16.5. The van der Waals surface area contributed by atoms with Gasteiger partial charge in [-0.1, -0.05) is 12.1 Å². The molecule has 1 N–H and O–H groups in total. The largest absolute Gasteiger partial charge is 0.465 e. The van der Waals surface area contributed by atoms with Crippen LogP contribution in [-0.2, 0) is 17.8 Å². The second-order valence-corrected chi connectivity index (χ2v) is 5.03. The lowest BCUT2D eigenvalue weighted by atomic mass is 10.1. The van der Waals surface area contributed by atoms with Crippen molar-refractivity contribution in [1.82, 2.24) is 15.1 Å². The Labute approximate surface area is 124 Å². The van der Waals surface area contributed by atoms with Gasteiger partial charge >= 0.3 is 5.97 Å². The number of nitrogens with one attached hydrogen (secondary N) is 1. The summed E-state index contributed by atoms with van der Waals surface area (Å²) < 4.78 is 6.69. The fourth-order valence-electron chi connectivity index (χ4n) is 2.36. The zero-order valence-corrected chi connectivity index (χ0v) is 12.9. The van der Waals surface area contributed by atoms with Gasteiger partial charge in [0.15, 0.2) is 0 Å². The molecular weight excluding hydrogens is 266 g/mol. The Hall–Kier alpha value is -2.14. The van der Waals surface area contributed by atoms with Gasteiger partial charge in [0.25, 0.3) is 0 Å². The molecule has 112 valence electrons. The number of aryl methyl sites for hydroxylation is 1. The van der Waals surface area contributed by atoms with E-state index in [1.165, 1.54) is 18.4 Å². The number of esters is 1. The van der Waals surface area contributed by atoms with Gasteiger partial charge in [-0.25, -0.2) is 4.79 Å². The summed E-state index contributed by atoms with van der Waals surface area (Å²) in [5.74, 6) is -0.316. The maximum Gasteiger partial charge on any atom is 0.337 e. The Morgan fingerprint density at radius 2 is 1.95 bits per heavy atom. The third-order valence-electron chi connectivity index (χ3n) is 3.59. The van der Waals surface area contributed by atoms with Crippen LogP contribution in [0.5, 0.6) is 0 Å². The number of methoxy groups -OCH3 is 1. The molecule has 5 heteroatoms. The molecule has 0 aliphatic heterocycles. The molecule has 0 bridgehead atoms. The first kappa shape index (κ1) is 15.3. The Morgan fingerprint density at radius 1 is 1.29 bits per heavy atom. The molecule has 0 aliphatic carbocycles. The molecular formula is C16H21N3O2. The molecule has 0 radical (unpaired) electrons. The van der Waals surface area contributed by atoms with Crippen LogP contribution in [0.25, 0.3) is 0 Å². The Morgan fingerprint density at radius 3 is 2.52 bits per heavy atom. The maximum atomic E-state index is 11.4. The van der Waals surface area contributed by atoms with Gasteiger partial charge in [0.2, 0.25) is 0 Å². The van der Waals surface area contributed by atoms with Crippen LogP contribution in [0, 0.1) is 13.8 Å².